The summed E-state index contributed by atoms with van der Waals surface area (Å²) in [6.07, 6.45) is 1.68. The Morgan fingerprint density at radius 2 is 1.51 bits per heavy atom. The molecule has 1 saturated heterocycles. The lowest BCUT2D eigenvalue weighted by Crippen LogP contribution is -2.67. The zero-order chi connectivity index (χ0) is 29.8. The quantitative estimate of drug-likeness (QED) is 0.154. The number of benzene rings is 3. The van der Waals surface area contributed by atoms with Crippen molar-refractivity contribution in [2.75, 3.05) is 26.2 Å². The van der Waals surface area contributed by atoms with Gasteiger partial charge in [-0.1, -0.05) is 87.5 Å². The molecule has 11 heteroatoms. The molecule has 4 rings (SSSR count). The van der Waals surface area contributed by atoms with Gasteiger partial charge in [0.05, 0.1) is 29.0 Å². The molecule has 0 saturated carbocycles. The number of piperazine rings is 1. The normalized spacial score (nSPS) is 15.9. The van der Waals surface area contributed by atoms with Gasteiger partial charge in [0.15, 0.2) is 0 Å². The largest absolute Gasteiger partial charge is 0.405 e. The van der Waals surface area contributed by atoms with Gasteiger partial charge in [0.25, 0.3) is 14.0 Å². The molecule has 41 heavy (non-hydrogen) atoms. The summed E-state index contributed by atoms with van der Waals surface area (Å²) in [5, 5.41) is 12.9. The number of nitrogens with zero attached hydrogens (tertiary/aromatic N) is 3. The van der Waals surface area contributed by atoms with Crippen LogP contribution < -0.4 is 10.4 Å². The van der Waals surface area contributed by atoms with Crippen LogP contribution in [0, 0.1) is 10.1 Å². The summed E-state index contributed by atoms with van der Waals surface area (Å²) >= 11 is 0. The number of rotatable bonds is 10. The fraction of sp³-hybridized carbons (Fsp3) is 0.300. The Labute approximate surface area is 242 Å². The van der Waals surface area contributed by atoms with Crippen molar-refractivity contribution < 1.29 is 22.6 Å². The fourth-order valence-corrected chi connectivity index (χ4v) is 11.3. The van der Waals surface area contributed by atoms with E-state index in [1.807, 2.05) is 36.4 Å². The molecule has 0 unspecified atom stereocenters. The average molecular weight is 594 g/mol. The van der Waals surface area contributed by atoms with Gasteiger partial charge in [-0.25, -0.2) is 8.42 Å². The predicted octanol–water partition coefficient (Wildman–Crippen LogP) is 3.56. The topological polar surface area (TPSA) is 110 Å². The Morgan fingerprint density at radius 1 is 0.976 bits per heavy atom. The van der Waals surface area contributed by atoms with Crippen molar-refractivity contribution in [2.45, 2.75) is 36.7 Å². The first-order valence-corrected chi connectivity index (χ1v) is 16.7. The molecular formula is C30H35N3O6SSi. The van der Waals surface area contributed by atoms with E-state index < -0.39 is 29.3 Å². The van der Waals surface area contributed by atoms with Crippen LogP contribution in [0.4, 0.5) is 5.69 Å². The van der Waals surface area contributed by atoms with Gasteiger partial charge in [0.2, 0.25) is 15.9 Å². The predicted molar refractivity (Wildman–Crippen MR) is 161 cm³/mol. The SMILES string of the molecule is C=C[C@H](CO[Si](c1ccccc1)(c1ccccc1)C(C)(C)C)N1CCN(S(=O)(=O)c2ccc([N+](=O)[O-])cc2)CC1=O. The molecule has 216 valence electrons. The molecule has 0 bridgehead atoms. The van der Waals surface area contributed by atoms with E-state index in [0.717, 1.165) is 26.8 Å². The monoisotopic (exact) mass is 593 g/mol. The van der Waals surface area contributed by atoms with Crippen molar-refractivity contribution in [3.63, 3.8) is 0 Å². The van der Waals surface area contributed by atoms with Crippen LogP contribution in [0.2, 0.25) is 5.04 Å². The average Bonchev–Trinajstić information content (AvgIpc) is 2.96. The van der Waals surface area contributed by atoms with Gasteiger partial charge in [-0.2, -0.15) is 4.31 Å². The van der Waals surface area contributed by atoms with Crippen molar-refractivity contribution in [3.05, 3.63) is 108 Å². The second-order valence-corrected chi connectivity index (χ2v) is 17.2. The van der Waals surface area contributed by atoms with E-state index in [1.165, 1.54) is 12.1 Å². The highest BCUT2D eigenvalue weighted by atomic mass is 32.2. The highest BCUT2D eigenvalue weighted by Gasteiger charge is 2.50. The number of carbonyl (C=O) groups is 1. The maximum Gasteiger partial charge on any atom is 0.269 e. The molecule has 1 amide bonds. The Hall–Kier alpha value is -3.64. The number of hydrogen-bond donors (Lipinski definition) is 0. The Bertz CT molecular complexity index is 1450. The van der Waals surface area contributed by atoms with Crippen molar-refractivity contribution in [3.8, 4) is 0 Å². The third-order valence-electron chi connectivity index (χ3n) is 7.47. The second kappa shape index (κ2) is 12.1. The third-order valence-corrected chi connectivity index (χ3v) is 14.3. The van der Waals surface area contributed by atoms with Crippen LogP contribution in [0.3, 0.4) is 0 Å². The molecule has 0 radical (unpaired) electrons. The Morgan fingerprint density at radius 3 is 1.95 bits per heavy atom. The van der Waals surface area contributed by atoms with E-state index in [9.17, 15) is 23.3 Å². The van der Waals surface area contributed by atoms with Crippen molar-refractivity contribution in [1.82, 2.24) is 9.21 Å². The summed E-state index contributed by atoms with van der Waals surface area (Å²) < 4.78 is 34.5. The lowest BCUT2D eigenvalue weighted by molar-refractivity contribution is -0.384. The zero-order valence-electron chi connectivity index (χ0n) is 23.5. The summed E-state index contributed by atoms with van der Waals surface area (Å²) in [6, 6.07) is 24.6. The number of non-ortho nitro benzene ring substituents is 1. The molecule has 3 aromatic rings. The van der Waals surface area contributed by atoms with Crippen molar-refractivity contribution >= 4 is 40.3 Å². The molecule has 1 aliphatic heterocycles. The van der Waals surface area contributed by atoms with E-state index >= 15 is 0 Å². The number of nitro groups is 1. The molecule has 1 fully saturated rings. The zero-order valence-corrected chi connectivity index (χ0v) is 25.3. The molecule has 0 spiro atoms. The van der Waals surface area contributed by atoms with Crippen LogP contribution in [0.15, 0.2) is 102 Å². The Kier molecular flexibility index (Phi) is 8.93. The maximum absolute atomic E-state index is 13.3. The summed E-state index contributed by atoms with van der Waals surface area (Å²) in [4.78, 5) is 25.2. The maximum atomic E-state index is 13.3. The first-order valence-electron chi connectivity index (χ1n) is 13.3. The van der Waals surface area contributed by atoms with Crippen LogP contribution in [0.25, 0.3) is 0 Å². The first-order chi connectivity index (χ1) is 19.4. The minimum Gasteiger partial charge on any atom is -0.405 e. The van der Waals surface area contributed by atoms with Gasteiger partial charge >= 0.3 is 0 Å². The summed E-state index contributed by atoms with van der Waals surface area (Å²) in [6.45, 7) is 10.6. The molecule has 3 aromatic carbocycles. The minimum atomic E-state index is -4.01. The number of nitro benzene ring substituents is 1. The number of hydrogen-bond acceptors (Lipinski definition) is 6. The molecule has 1 atom stereocenters. The lowest BCUT2D eigenvalue weighted by atomic mass is 10.2. The second-order valence-electron chi connectivity index (χ2n) is 11.0. The van der Waals surface area contributed by atoms with Crippen molar-refractivity contribution in [1.29, 1.82) is 0 Å². The lowest BCUT2D eigenvalue weighted by Gasteiger charge is -2.45. The van der Waals surface area contributed by atoms with E-state index in [-0.39, 0.29) is 47.8 Å². The molecule has 1 aliphatic rings. The molecule has 0 N–H and O–H groups in total. The first kappa shape index (κ1) is 30.3. The van der Waals surface area contributed by atoms with Crippen molar-refractivity contribution in [2.24, 2.45) is 0 Å². The van der Waals surface area contributed by atoms with E-state index in [1.54, 1.807) is 11.0 Å². The molecule has 0 aliphatic carbocycles. The van der Waals surface area contributed by atoms with Gasteiger partial charge < -0.3 is 9.33 Å². The van der Waals surface area contributed by atoms with Crippen LogP contribution in [0.5, 0.6) is 0 Å². The number of amides is 1. The van der Waals surface area contributed by atoms with Gasteiger partial charge in [-0.3, -0.25) is 14.9 Å². The highest BCUT2D eigenvalue weighted by Crippen LogP contribution is 2.37. The smallest absolute Gasteiger partial charge is 0.269 e. The summed E-state index contributed by atoms with van der Waals surface area (Å²) in [5.41, 5.74) is -0.209. The van der Waals surface area contributed by atoms with E-state index in [2.05, 4.69) is 51.6 Å². The van der Waals surface area contributed by atoms with Crippen LogP contribution in [0.1, 0.15) is 20.8 Å². The standard InChI is InChI=1S/C30H35N3O6SSi/c1-5-24(23-39-41(30(2,3)4,27-12-8-6-9-13-27)28-14-10-7-11-15-28)32-21-20-31(22-29(32)34)40(37,38)26-18-16-25(17-19-26)33(35)36/h5-19,24H,1,20-23H2,2-4H3/t24-/m1/s1. The summed E-state index contributed by atoms with van der Waals surface area (Å²) in [5.74, 6) is -0.363. The molecule has 1 heterocycles. The van der Waals surface area contributed by atoms with Gasteiger partial charge in [0.1, 0.15) is 0 Å². The Balaban J connectivity index is 1.56. The number of carbonyl (C=O) groups excluding carboxylic acids is 1. The molecule has 0 aromatic heterocycles. The fourth-order valence-electron chi connectivity index (χ4n) is 5.37. The van der Waals surface area contributed by atoms with E-state index in [0.29, 0.717) is 0 Å². The van der Waals surface area contributed by atoms with Crippen LogP contribution >= 0.6 is 0 Å². The summed E-state index contributed by atoms with van der Waals surface area (Å²) in [7, 11) is -6.86. The van der Waals surface area contributed by atoms with Crippen LogP contribution in [-0.2, 0) is 19.2 Å². The highest BCUT2D eigenvalue weighted by molar-refractivity contribution is 7.89. The molecule has 9 nitrogen and oxygen atoms in total. The number of sulfonamides is 1. The van der Waals surface area contributed by atoms with Gasteiger partial charge in [-0.05, 0) is 27.5 Å². The van der Waals surface area contributed by atoms with Crippen LogP contribution in [-0.4, -0.2) is 69.1 Å². The van der Waals surface area contributed by atoms with Gasteiger partial charge in [0, 0.05) is 25.2 Å². The molecular weight excluding hydrogens is 558 g/mol. The van der Waals surface area contributed by atoms with Gasteiger partial charge in [-0.15, -0.1) is 6.58 Å². The third kappa shape index (κ3) is 6.03. The minimum absolute atomic E-state index is 0.0780. The van der Waals surface area contributed by atoms with E-state index in [4.69, 9.17) is 4.43 Å².